The Morgan fingerprint density at radius 2 is 2.18 bits per heavy atom. The van der Waals surface area contributed by atoms with E-state index < -0.39 is 0 Å². The molecule has 0 aliphatic carbocycles. The van der Waals surface area contributed by atoms with Crippen LogP contribution in [0.5, 0.6) is 0 Å². The molecule has 0 atom stereocenters. The topological polar surface area (TPSA) is 0 Å². The molecular formula is C9H6S2. The summed E-state index contributed by atoms with van der Waals surface area (Å²) in [7, 11) is 0. The highest BCUT2D eigenvalue weighted by molar-refractivity contribution is 7.79. The minimum absolute atomic E-state index is 1.16. The minimum Gasteiger partial charge on any atom is -0.143 e. The van der Waals surface area contributed by atoms with E-state index in [-0.39, 0.29) is 0 Å². The lowest BCUT2D eigenvalue weighted by Crippen LogP contribution is -1.75. The highest BCUT2D eigenvalue weighted by atomic mass is 32.1. The molecule has 1 aromatic heterocycles. The lowest BCUT2D eigenvalue weighted by atomic mass is 10.2. The van der Waals surface area contributed by atoms with E-state index in [1.807, 2.05) is 12.1 Å². The fourth-order valence-electron chi connectivity index (χ4n) is 1.11. The molecule has 0 bridgehead atoms. The summed E-state index contributed by atoms with van der Waals surface area (Å²) in [5.74, 6) is 0. The average molecular weight is 178 g/mol. The van der Waals surface area contributed by atoms with Crippen LogP contribution in [-0.4, -0.2) is 5.37 Å². The van der Waals surface area contributed by atoms with Gasteiger partial charge in [-0.1, -0.05) is 30.4 Å². The zero-order valence-electron chi connectivity index (χ0n) is 5.78. The fraction of sp³-hybridized carbons (Fsp3) is 0. The second-order valence-electron chi connectivity index (χ2n) is 2.30. The first-order chi connectivity index (χ1) is 5.42. The molecule has 2 heteroatoms. The van der Waals surface area contributed by atoms with Crippen LogP contribution < -0.4 is 0 Å². The van der Waals surface area contributed by atoms with Crippen molar-refractivity contribution >= 4 is 39.0 Å². The second-order valence-corrected chi connectivity index (χ2v) is 3.46. The van der Waals surface area contributed by atoms with E-state index in [1.54, 1.807) is 16.7 Å². The van der Waals surface area contributed by atoms with Crippen molar-refractivity contribution in [3.05, 3.63) is 35.2 Å². The van der Waals surface area contributed by atoms with Gasteiger partial charge in [0.2, 0.25) is 0 Å². The van der Waals surface area contributed by atoms with Gasteiger partial charge in [-0.15, -0.1) is 11.3 Å². The SMILES string of the molecule is S=Cc1cccc2ccsc12. The molecule has 0 nitrogen and oxygen atoms in total. The van der Waals surface area contributed by atoms with E-state index in [2.05, 4.69) is 17.5 Å². The van der Waals surface area contributed by atoms with Crippen molar-refractivity contribution in [2.45, 2.75) is 0 Å². The zero-order valence-corrected chi connectivity index (χ0v) is 7.41. The van der Waals surface area contributed by atoms with Crippen LogP contribution in [0.15, 0.2) is 29.6 Å². The van der Waals surface area contributed by atoms with Gasteiger partial charge in [-0.3, -0.25) is 0 Å². The van der Waals surface area contributed by atoms with E-state index >= 15 is 0 Å². The summed E-state index contributed by atoms with van der Waals surface area (Å²) in [5, 5.41) is 5.11. The molecule has 2 rings (SSSR count). The first-order valence-corrected chi connectivity index (χ1v) is 4.68. The Labute approximate surface area is 74.5 Å². The van der Waals surface area contributed by atoms with Gasteiger partial charge in [0.05, 0.1) is 0 Å². The van der Waals surface area contributed by atoms with Crippen molar-refractivity contribution in [2.75, 3.05) is 0 Å². The maximum absolute atomic E-state index is 4.89. The van der Waals surface area contributed by atoms with Crippen LogP contribution in [0, 0.1) is 0 Å². The summed E-state index contributed by atoms with van der Waals surface area (Å²) in [6.07, 6.45) is 0. The van der Waals surface area contributed by atoms with Crippen molar-refractivity contribution in [1.82, 2.24) is 0 Å². The Balaban J connectivity index is 2.88. The third-order valence-corrected chi connectivity index (χ3v) is 2.87. The van der Waals surface area contributed by atoms with Crippen LogP contribution in [0.3, 0.4) is 0 Å². The monoisotopic (exact) mass is 178 g/mol. The summed E-state index contributed by atoms with van der Waals surface area (Å²) in [6.45, 7) is 0. The van der Waals surface area contributed by atoms with Crippen LogP contribution >= 0.6 is 23.6 Å². The molecule has 0 aliphatic rings. The first kappa shape index (κ1) is 6.95. The Hall–Kier alpha value is -0.730. The normalized spacial score (nSPS) is 10.2. The molecule has 54 valence electrons. The lowest BCUT2D eigenvalue weighted by Gasteiger charge is -1.92. The molecule has 0 spiro atoms. The number of hydrogen-bond acceptors (Lipinski definition) is 2. The number of fused-ring (bicyclic) bond motifs is 1. The van der Waals surface area contributed by atoms with E-state index in [0.29, 0.717) is 0 Å². The van der Waals surface area contributed by atoms with Crippen LogP contribution in [0.2, 0.25) is 0 Å². The summed E-state index contributed by atoms with van der Waals surface area (Å²) in [4.78, 5) is 0. The first-order valence-electron chi connectivity index (χ1n) is 3.33. The lowest BCUT2D eigenvalue weighted by molar-refractivity contribution is 1.83. The standard InChI is InChI=1S/C9H6S2/c10-6-8-3-1-2-7-4-5-11-9(7)8/h1-6H. The quantitative estimate of drug-likeness (QED) is 0.604. The number of thiocarbonyl (C=S) groups is 1. The Kier molecular flexibility index (Phi) is 1.72. The maximum atomic E-state index is 4.89. The van der Waals surface area contributed by atoms with Crippen molar-refractivity contribution < 1.29 is 0 Å². The molecule has 0 radical (unpaired) electrons. The predicted octanol–water partition coefficient (Wildman–Crippen LogP) is 3.25. The van der Waals surface area contributed by atoms with Crippen molar-refractivity contribution in [2.24, 2.45) is 0 Å². The van der Waals surface area contributed by atoms with Gasteiger partial charge < -0.3 is 0 Å². The predicted molar refractivity (Wildman–Crippen MR) is 54.6 cm³/mol. The highest BCUT2D eigenvalue weighted by Gasteiger charge is 1.96. The molecule has 0 unspecified atom stereocenters. The molecular weight excluding hydrogens is 172 g/mol. The summed E-state index contributed by atoms with van der Waals surface area (Å²) in [5.41, 5.74) is 1.16. The van der Waals surface area contributed by atoms with Crippen LogP contribution in [0.25, 0.3) is 10.1 Å². The van der Waals surface area contributed by atoms with Crippen LogP contribution in [-0.2, 0) is 0 Å². The Bertz CT molecular complexity index is 387. The molecule has 0 amide bonds. The minimum atomic E-state index is 1.16. The maximum Gasteiger partial charge on any atom is 0.0423 e. The largest absolute Gasteiger partial charge is 0.143 e. The van der Waals surface area contributed by atoms with Gasteiger partial charge in [0.15, 0.2) is 0 Å². The number of hydrogen-bond donors (Lipinski definition) is 0. The van der Waals surface area contributed by atoms with Crippen LogP contribution in [0.4, 0.5) is 0 Å². The Morgan fingerprint density at radius 3 is 3.00 bits per heavy atom. The van der Waals surface area contributed by atoms with Gasteiger partial charge in [-0.05, 0) is 16.8 Å². The molecule has 11 heavy (non-hydrogen) atoms. The highest BCUT2D eigenvalue weighted by Crippen LogP contribution is 2.23. The molecule has 1 aromatic carbocycles. The summed E-state index contributed by atoms with van der Waals surface area (Å²) >= 11 is 6.63. The summed E-state index contributed by atoms with van der Waals surface area (Å²) < 4.78 is 1.29. The van der Waals surface area contributed by atoms with E-state index in [4.69, 9.17) is 12.2 Å². The van der Waals surface area contributed by atoms with E-state index in [9.17, 15) is 0 Å². The third kappa shape index (κ3) is 1.08. The third-order valence-electron chi connectivity index (χ3n) is 1.64. The van der Waals surface area contributed by atoms with Gasteiger partial charge in [-0.25, -0.2) is 0 Å². The van der Waals surface area contributed by atoms with Gasteiger partial charge in [0, 0.05) is 15.6 Å². The number of thiophene rings is 1. The second kappa shape index (κ2) is 2.72. The zero-order chi connectivity index (χ0) is 7.68. The van der Waals surface area contributed by atoms with Gasteiger partial charge in [-0.2, -0.15) is 0 Å². The molecule has 0 aliphatic heterocycles. The molecule has 0 N–H and O–H groups in total. The fourth-order valence-corrected chi connectivity index (χ4v) is 2.27. The molecule has 2 aromatic rings. The van der Waals surface area contributed by atoms with Gasteiger partial charge in [0.1, 0.15) is 0 Å². The molecule has 0 saturated carbocycles. The summed E-state index contributed by atoms with van der Waals surface area (Å²) in [6, 6.07) is 8.30. The number of rotatable bonds is 1. The van der Waals surface area contributed by atoms with Crippen molar-refractivity contribution in [3.63, 3.8) is 0 Å². The van der Waals surface area contributed by atoms with Gasteiger partial charge >= 0.3 is 0 Å². The Morgan fingerprint density at radius 1 is 1.27 bits per heavy atom. The number of benzene rings is 1. The van der Waals surface area contributed by atoms with Crippen molar-refractivity contribution in [1.29, 1.82) is 0 Å². The van der Waals surface area contributed by atoms with E-state index in [0.717, 1.165) is 5.56 Å². The average Bonchev–Trinajstić information content (AvgIpc) is 2.50. The molecule has 1 heterocycles. The van der Waals surface area contributed by atoms with Crippen molar-refractivity contribution in [3.8, 4) is 0 Å². The van der Waals surface area contributed by atoms with Crippen LogP contribution in [0.1, 0.15) is 5.56 Å². The van der Waals surface area contributed by atoms with E-state index in [1.165, 1.54) is 10.1 Å². The molecule has 0 saturated heterocycles. The molecule has 0 fully saturated rings. The smallest absolute Gasteiger partial charge is 0.0423 e. The van der Waals surface area contributed by atoms with Gasteiger partial charge in [0.25, 0.3) is 0 Å².